The molecule has 24 heavy (non-hydrogen) atoms. The van der Waals surface area contributed by atoms with Crippen LogP contribution in [0.15, 0.2) is 60.9 Å². The van der Waals surface area contributed by atoms with Crippen molar-refractivity contribution in [1.29, 1.82) is 0 Å². The molecule has 1 atom stereocenters. The Morgan fingerprint density at radius 2 is 2.00 bits per heavy atom. The van der Waals surface area contributed by atoms with Crippen LogP contribution in [0.1, 0.15) is 18.6 Å². The fraction of sp³-hybridized carbons (Fsp3) is 0.118. The predicted octanol–water partition coefficient (Wildman–Crippen LogP) is 4.23. The van der Waals surface area contributed by atoms with E-state index >= 15 is 0 Å². The van der Waals surface area contributed by atoms with E-state index in [-0.39, 0.29) is 6.10 Å². The number of halogens is 1. The van der Waals surface area contributed by atoms with Gasteiger partial charge in [0.15, 0.2) is 0 Å². The third kappa shape index (κ3) is 3.72. The van der Waals surface area contributed by atoms with Crippen molar-refractivity contribution in [2.45, 2.75) is 13.0 Å². The summed E-state index contributed by atoms with van der Waals surface area (Å²) in [4.78, 5) is 16.1. The molecule has 1 N–H and O–H groups in total. The van der Waals surface area contributed by atoms with Gasteiger partial charge < -0.3 is 4.74 Å². The Labute approximate surface area is 144 Å². The number of hydrogen-bond acceptors (Lipinski definition) is 4. The summed E-state index contributed by atoms with van der Waals surface area (Å²) in [6.07, 6.45) is 2.22. The molecule has 7 heteroatoms. The van der Waals surface area contributed by atoms with E-state index < -0.39 is 6.09 Å². The van der Waals surface area contributed by atoms with Crippen molar-refractivity contribution in [1.82, 2.24) is 14.8 Å². The van der Waals surface area contributed by atoms with Crippen molar-refractivity contribution in [3.8, 4) is 5.69 Å². The minimum Gasteiger partial charge on any atom is -0.441 e. The van der Waals surface area contributed by atoms with Gasteiger partial charge in [-0.05, 0) is 24.6 Å². The van der Waals surface area contributed by atoms with E-state index in [2.05, 4.69) is 15.4 Å². The highest BCUT2D eigenvalue weighted by Crippen LogP contribution is 2.19. The van der Waals surface area contributed by atoms with Crippen LogP contribution in [0.4, 0.5) is 10.6 Å². The fourth-order valence-electron chi connectivity index (χ4n) is 2.18. The second-order valence-electron chi connectivity index (χ2n) is 5.05. The fourth-order valence-corrected chi connectivity index (χ4v) is 2.30. The average molecular weight is 343 g/mol. The van der Waals surface area contributed by atoms with Crippen LogP contribution in [0.2, 0.25) is 5.15 Å². The molecule has 2 aromatic heterocycles. The third-order valence-corrected chi connectivity index (χ3v) is 3.61. The first-order valence-corrected chi connectivity index (χ1v) is 7.70. The minimum atomic E-state index is -0.560. The summed E-state index contributed by atoms with van der Waals surface area (Å²) in [6, 6.07) is 14.6. The van der Waals surface area contributed by atoms with E-state index in [0.717, 1.165) is 5.56 Å². The third-order valence-electron chi connectivity index (χ3n) is 3.38. The van der Waals surface area contributed by atoms with Crippen molar-refractivity contribution < 1.29 is 9.53 Å². The zero-order valence-corrected chi connectivity index (χ0v) is 13.6. The van der Waals surface area contributed by atoms with Gasteiger partial charge in [-0.3, -0.25) is 5.32 Å². The van der Waals surface area contributed by atoms with Crippen LogP contribution in [-0.4, -0.2) is 20.9 Å². The van der Waals surface area contributed by atoms with Gasteiger partial charge >= 0.3 is 6.09 Å². The Balaban J connectivity index is 1.69. The van der Waals surface area contributed by atoms with Crippen molar-refractivity contribution >= 4 is 23.5 Å². The number of carbonyl (C=O) groups is 1. The van der Waals surface area contributed by atoms with Crippen LogP contribution in [-0.2, 0) is 4.74 Å². The van der Waals surface area contributed by atoms with E-state index in [1.54, 1.807) is 30.6 Å². The summed E-state index contributed by atoms with van der Waals surface area (Å²) in [5.41, 5.74) is 1.60. The zero-order valence-electron chi connectivity index (χ0n) is 12.9. The molecule has 0 spiro atoms. The Hall–Kier alpha value is -2.86. The molecule has 1 unspecified atom stereocenters. The summed E-state index contributed by atoms with van der Waals surface area (Å²) < 4.78 is 6.93. The number of rotatable bonds is 4. The molecule has 3 aromatic rings. The Morgan fingerprint density at radius 3 is 2.71 bits per heavy atom. The van der Waals surface area contributed by atoms with E-state index in [4.69, 9.17) is 16.3 Å². The number of nitrogens with zero attached hydrogens (tertiary/aromatic N) is 3. The molecule has 0 fully saturated rings. The molecule has 122 valence electrons. The van der Waals surface area contributed by atoms with Crippen LogP contribution in [0.25, 0.3) is 5.69 Å². The number of aromatic nitrogens is 3. The van der Waals surface area contributed by atoms with Crippen molar-refractivity contribution in [2.24, 2.45) is 0 Å². The molecule has 3 rings (SSSR count). The van der Waals surface area contributed by atoms with E-state index in [1.165, 1.54) is 4.68 Å². The first-order valence-electron chi connectivity index (χ1n) is 7.32. The molecule has 0 saturated heterocycles. The number of ether oxygens (including phenoxy) is 1. The number of carbonyl (C=O) groups excluding carboxylic acids is 1. The summed E-state index contributed by atoms with van der Waals surface area (Å²) in [5.74, 6) is 0.476. The Bertz CT molecular complexity index is 818. The summed E-state index contributed by atoms with van der Waals surface area (Å²) in [6.45, 7) is 1.81. The highest BCUT2D eigenvalue weighted by atomic mass is 35.5. The van der Waals surface area contributed by atoms with Gasteiger partial charge in [-0.2, -0.15) is 5.10 Å². The molecule has 1 aromatic carbocycles. The van der Waals surface area contributed by atoms with Crippen LogP contribution >= 0.6 is 11.6 Å². The molecule has 0 radical (unpaired) electrons. The number of amides is 1. The standard InChI is InChI=1S/C17H15ClN4O2/c1-12(13-5-3-2-4-6-13)24-17(23)21-16-9-10-20-22(16)14-7-8-15(18)19-11-14/h2-12H,1H3,(H,21,23). The number of anilines is 1. The van der Waals surface area contributed by atoms with Gasteiger partial charge in [-0.1, -0.05) is 41.9 Å². The minimum absolute atomic E-state index is 0.361. The average Bonchev–Trinajstić information content (AvgIpc) is 3.04. The first kappa shape index (κ1) is 16.0. The first-order chi connectivity index (χ1) is 11.6. The molecule has 6 nitrogen and oxygen atoms in total. The second kappa shape index (κ2) is 7.14. The lowest BCUT2D eigenvalue weighted by Crippen LogP contribution is -2.18. The molecule has 0 aliphatic rings. The Kier molecular flexibility index (Phi) is 4.77. The van der Waals surface area contributed by atoms with Gasteiger partial charge in [0.1, 0.15) is 17.1 Å². The molecule has 0 saturated carbocycles. The molecule has 2 heterocycles. The lowest BCUT2D eigenvalue weighted by atomic mass is 10.1. The van der Waals surface area contributed by atoms with E-state index in [1.807, 2.05) is 37.3 Å². The van der Waals surface area contributed by atoms with Crippen LogP contribution in [0.5, 0.6) is 0 Å². The van der Waals surface area contributed by atoms with Gasteiger partial charge in [0.25, 0.3) is 0 Å². The van der Waals surface area contributed by atoms with Crippen molar-refractivity contribution in [3.63, 3.8) is 0 Å². The van der Waals surface area contributed by atoms with Gasteiger partial charge in [0.05, 0.1) is 18.1 Å². The van der Waals surface area contributed by atoms with Crippen LogP contribution < -0.4 is 5.32 Å². The number of hydrogen-bond donors (Lipinski definition) is 1. The monoisotopic (exact) mass is 342 g/mol. The molecule has 1 amide bonds. The maximum absolute atomic E-state index is 12.1. The normalized spacial score (nSPS) is 11.8. The quantitative estimate of drug-likeness (QED) is 0.720. The SMILES string of the molecule is CC(OC(=O)Nc1ccnn1-c1ccc(Cl)nc1)c1ccccc1. The second-order valence-corrected chi connectivity index (χ2v) is 5.44. The molecule has 0 aliphatic heterocycles. The predicted molar refractivity (Wildman–Crippen MR) is 91.3 cm³/mol. The smallest absolute Gasteiger partial charge is 0.413 e. The molecular formula is C17H15ClN4O2. The molecule has 0 aliphatic carbocycles. The number of nitrogens with one attached hydrogen (secondary N) is 1. The largest absolute Gasteiger partial charge is 0.441 e. The highest BCUT2D eigenvalue weighted by Gasteiger charge is 2.14. The summed E-state index contributed by atoms with van der Waals surface area (Å²) in [5, 5.41) is 7.24. The van der Waals surface area contributed by atoms with Gasteiger partial charge in [0.2, 0.25) is 0 Å². The van der Waals surface area contributed by atoms with E-state index in [0.29, 0.717) is 16.7 Å². The van der Waals surface area contributed by atoms with Crippen LogP contribution in [0.3, 0.4) is 0 Å². The van der Waals surface area contributed by atoms with Crippen molar-refractivity contribution in [3.05, 3.63) is 71.6 Å². The summed E-state index contributed by atoms with van der Waals surface area (Å²) in [7, 11) is 0. The van der Waals surface area contributed by atoms with Crippen LogP contribution in [0, 0.1) is 0 Å². The van der Waals surface area contributed by atoms with Gasteiger partial charge in [-0.25, -0.2) is 14.5 Å². The highest BCUT2D eigenvalue weighted by molar-refractivity contribution is 6.29. The van der Waals surface area contributed by atoms with E-state index in [9.17, 15) is 4.79 Å². The zero-order chi connectivity index (χ0) is 16.9. The van der Waals surface area contributed by atoms with Gasteiger partial charge in [0, 0.05) is 6.07 Å². The maximum atomic E-state index is 12.1. The molecule has 0 bridgehead atoms. The lowest BCUT2D eigenvalue weighted by Gasteiger charge is -2.14. The topological polar surface area (TPSA) is 69.0 Å². The van der Waals surface area contributed by atoms with Gasteiger partial charge in [-0.15, -0.1) is 0 Å². The maximum Gasteiger partial charge on any atom is 0.413 e. The Morgan fingerprint density at radius 1 is 1.21 bits per heavy atom. The number of pyridine rings is 1. The van der Waals surface area contributed by atoms with Crippen molar-refractivity contribution in [2.75, 3.05) is 5.32 Å². The number of benzene rings is 1. The summed E-state index contributed by atoms with van der Waals surface area (Å²) >= 11 is 5.78. The molecular weight excluding hydrogens is 328 g/mol. The lowest BCUT2D eigenvalue weighted by molar-refractivity contribution is 0.121.